The second-order valence-corrected chi connectivity index (χ2v) is 4.64. The highest BCUT2D eigenvalue weighted by atomic mass is 16.4. The molecule has 5 heteroatoms. The largest absolute Gasteiger partial charge is 0.478 e. The van der Waals surface area contributed by atoms with Crippen LogP contribution in [0.25, 0.3) is 0 Å². The fourth-order valence-corrected chi connectivity index (χ4v) is 2.37. The molecule has 0 spiro atoms. The lowest BCUT2D eigenvalue weighted by molar-refractivity contribution is 0.0612. The Hall–Kier alpha value is -1.78. The van der Waals surface area contributed by atoms with Crippen LogP contribution in [-0.2, 0) is 0 Å². The first-order valence-electron chi connectivity index (χ1n) is 6.23. The Morgan fingerprint density at radius 2 is 2.33 bits per heavy atom. The van der Waals surface area contributed by atoms with Crippen molar-refractivity contribution < 1.29 is 19.1 Å². The summed E-state index contributed by atoms with van der Waals surface area (Å²) in [6.45, 7) is 3.47. The molecule has 18 heavy (non-hydrogen) atoms. The second kappa shape index (κ2) is 5.25. The molecule has 1 saturated heterocycles. The van der Waals surface area contributed by atoms with Crippen LogP contribution < -0.4 is 0 Å². The number of rotatable bonds is 3. The number of carboxylic acid groups (broad SMARTS) is 1. The molecule has 1 aromatic heterocycles. The van der Waals surface area contributed by atoms with Crippen molar-refractivity contribution in [2.45, 2.75) is 26.2 Å². The molecule has 2 heterocycles. The van der Waals surface area contributed by atoms with Crippen molar-refractivity contribution in [1.29, 1.82) is 0 Å². The molecule has 1 unspecified atom stereocenters. The highest BCUT2D eigenvalue weighted by Gasteiger charge is 2.28. The highest BCUT2D eigenvalue weighted by molar-refractivity contribution is 6.02. The van der Waals surface area contributed by atoms with E-state index in [0.717, 1.165) is 19.3 Å². The number of furan rings is 1. The average molecular weight is 251 g/mol. The van der Waals surface area contributed by atoms with Gasteiger partial charge in [0.05, 0.1) is 6.26 Å². The Morgan fingerprint density at radius 1 is 1.56 bits per heavy atom. The SMILES string of the molecule is CCC1CCCN(C(=O)c2occc2C(=O)O)C1. The summed E-state index contributed by atoms with van der Waals surface area (Å²) >= 11 is 0. The van der Waals surface area contributed by atoms with Crippen molar-refractivity contribution in [3.05, 3.63) is 23.7 Å². The molecule has 5 nitrogen and oxygen atoms in total. The number of piperidine rings is 1. The highest BCUT2D eigenvalue weighted by Crippen LogP contribution is 2.22. The number of carboxylic acids is 1. The van der Waals surface area contributed by atoms with Crippen molar-refractivity contribution in [1.82, 2.24) is 4.90 Å². The van der Waals surface area contributed by atoms with Crippen molar-refractivity contribution in [3.63, 3.8) is 0 Å². The van der Waals surface area contributed by atoms with Gasteiger partial charge >= 0.3 is 5.97 Å². The van der Waals surface area contributed by atoms with E-state index in [0.29, 0.717) is 19.0 Å². The van der Waals surface area contributed by atoms with Gasteiger partial charge in [-0.2, -0.15) is 0 Å². The Morgan fingerprint density at radius 3 is 3.00 bits per heavy atom. The number of carbonyl (C=O) groups is 2. The number of nitrogens with zero attached hydrogens (tertiary/aromatic N) is 1. The smallest absolute Gasteiger partial charge is 0.339 e. The monoisotopic (exact) mass is 251 g/mol. The van der Waals surface area contributed by atoms with Gasteiger partial charge in [-0.05, 0) is 24.8 Å². The Balaban J connectivity index is 2.15. The summed E-state index contributed by atoms with van der Waals surface area (Å²) < 4.78 is 5.04. The van der Waals surface area contributed by atoms with Gasteiger partial charge in [-0.25, -0.2) is 4.79 Å². The molecule has 1 aliphatic rings. The number of hydrogen-bond donors (Lipinski definition) is 1. The van der Waals surface area contributed by atoms with Crippen LogP contribution in [0.1, 0.15) is 47.1 Å². The molecule has 1 N–H and O–H groups in total. The first-order valence-corrected chi connectivity index (χ1v) is 6.23. The average Bonchev–Trinajstić information content (AvgIpc) is 2.87. The van der Waals surface area contributed by atoms with Crippen molar-refractivity contribution in [2.24, 2.45) is 5.92 Å². The van der Waals surface area contributed by atoms with E-state index in [1.165, 1.54) is 12.3 Å². The van der Waals surface area contributed by atoms with E-state index in [-0.39, 0.29) is 17.2 Å². The first-order chi connectivity index (χ1) is 8.63. The van der Waals surface area contributed by atoms with E-state index >= 15 is 0 Å². The van der Waals surface area contributed by atoms with Gasteiger partial charge < -0.3 is 14.4 Å². The van der Waals surface area contributed by atoms with Crippen LogP contribution in [-0.4, -0.2) is 35.0 Å². The predicted molar refractivity (Wildman–Crippen MR) is 64.6 cm³/mol. The van der Waals surface area contributed by atoms with Gasteiger partial charge in [-0.3, -0.25) is 4.79 Å². The summed E-state index contributed by atoms with van der Waals surface area (Å²) in [6.07, 6.45) is 4.38. The number of aromatic carboxylic acids is 1. The van der Waals surface area contributed by atoms with Crippen LogP contribution in [0, 0.1) is 5.92 Å². The maximum absolute atomic E-state index is 12.2. The number of amides is 1. The van der Waals surface area contributed by atoms with E-state index in [1.807, 2.05) is 0 Å². The summed E-state index contributed by atoms with van der Waals surface area (Å²) in [5.74, 6) is -0.989. The van der Waals surface area contributed by atoms with Crippen LogP contribution in [0.3, 0.4) is 0 Å². The summed E-state index contributed by atoms with van der Waals surface area (Å²) in [7, 11) is 0. The molecule has 1 atom stereocenters. The minimum Gasteiger partial charge on any atom is -0.478 e. The molecular formula is C13H17NO4. The third-order valence-corrected chi connectivity index (χ3v) is 3.47. The molecule has 1 aromatic rings. The zero-order valence-corrected chi connectivity index (χ0v) is 10.4. The number of likely N-dealkylation sites (tertiary alicyclic amines) is 1. The van der Waals surface area contributed by atoms with E-state index in [9.17, 15) is 9.59 Å². The van der Waals surface area contributed by atoms with Crippen LogP contribution in [0.15, 0.2) is 16.7 Å². The molecule has 2 rings (SSSR count). The van der Waals surface area contributed by atoms with Crippen molar-refractivity contribution in [2.75, 3.05) is 13.1 Å². The lowest BCUT2D eigenvalue weighted by Gasteiger charge is -2.31. The minimum absolute atomic E-state index is 0.0562. The molecule has 0 bridgehead atoms. The summed E-state index contributed by atoms with van der Waals surface area (Å²) in [5, 5.41) is 8.97. The van der Waals surface area contributed by atoms with Crippen LogP contribution >= 0.6 is 0 Å². The predicted octanol–water partition coefficient (Wildman–Crippen LogP) is 2.24. The number of hydrogen-bond acceptors (Lipinski definition) is 3. The van der Waals surface area contributed by atoms with Gasteiger partial charge in [-0.15, -0.1) is 0 Å². The van der Waals surface area contributed by atoms with Gasteiger partial charge in [0, 0.05) is 13.1 Å². The fraction of sp³-hybridized carbons (Fsp3) is 0.538. The zero-order valence-electron chi connectivity index (χ0n) is 10.4. The number of carbonyl (C=O) groups excluding carboxylic acids is 1. The molecular weight excluding hydrogens is 234 g/mol. The first kappa shape index (κ1) is 12.7. The van der Waals surface area contributed by atoms with Crippen LogP contribution in [0.5, 0.6) is 0 Å². The normalized spacial score (nSPS) is 19.8. The maximum Gasteiger partial charge on any atom is 0.339 e. The van der Waals surface area contributed by atoms with Crippen molar-refractivity contribution >= 4 is 11.9 Å². The molecule has 0 radical (unpaired) electrons. The van der Waals surface area contributed by atoms with Gasteiger partial charge in [-0.1, -0.05) is 13.3 Å². The van der Waals surface area contributed by atoms with Gasteiger partial charge in [0.1, 0.15) is 5.56 Å². The lowest BCUT2D eigenvalue weighted by atomic mass is 9.95. The Bertz CT molecular complexity index is 452. The van der Waals surface area contributed by atoms with Gasteiger partial charge in [0.25, 0.3) is 5.91 Å². The molecule has 98 valence electrons. The molecule has 1 fully saturated rings. The van der Waals surface area contributed by atoms with Gasteiger partial charge in [0.2, 0.25) is 5.76 Å². The van der Waals surface area contributed by atoms with Crippen LogP contribution in [0.2, 0.25) is 0 Å². The van der Waals surface area contributed by atoms with E-state index in [4.69, 9.17) is 9.52 Å². The van der Waals surface area contributed by atoms with E-state index < -0.39 is 5.97 Å². The second-order valence-electron chi connectivity index (χ2n) is 4.64. The zero-order chi connectivity index (χ0) is 13.1. The lowest BCUT2D eigenvalue weighted by Crippen LogP contribution is -2.40. The molecule has 1 aliphatic heterocycles. The molecule has 0 aromatic carbocycles. The standard InChI is InChI=1S/C13H17NO4/c1-2-9-4-3-6-14(8-9)12(15)11-10(13(16)17)5-7-18-11/h5,7,9H,2-4,6,8H2,1H3,(H,16,17). The summed E-state index contributed by atoms with van der Waals surface area (Å²) in [4.78, 5) is 24.9. The summed E-state index contributed by atoms with van der Waals surface area (Å²) in [5.41, 5.74) is -0.0568. The molecule has 0 aliphatic carbocycles. The molecule has 1 amide bonds. The Labute approximate surface area is 105 Å². The third-order valence-electron chi connectivity index (χ3n) is 3.47. The fourth-order valence-electron chi connectivity index (χ4n) is 2.37. The van der Waals surface area contributed by atoms with Crippen LogP contribution in [0.4, 0.5) is 0 Å². The molecule has 0 saturated carbocycles. The third kappa shape index (κ3) is 2.39. The van der Waals surface area contributed by atoms with E-state index in [2.05, 4.69) is 6.92 Å². The minimum atomic E-state index is -1.13. The van der Waals surface area contributed by atoms with E-state index in [1.54, 1.807) is 4.90 Å². The summed E-state index contributed by atoms with van der Waals surface area (Å²) in [6, 6.07) is 1.32. The van der Waals surface area contributed by atoms with Crippen molar-refractivity contribution in [3.8, 4) is 0 Å². The van der Waals surface area contributed by atoms with Gasteiger partial charge in [0.15, 0.2) is 0 Å². The maximum atomic E-state index is 12.2. The Kier molecular flexibility index (Phi) is 3.69. The quantitative estimate of drug-likeness (QED) is 0.894. The topological polar surface area (TPSA) is 70.8 Å².